The number of oxazole rings is 1. The highest BCUT2D eigenvalue weighted by Gasteiger charge is 2.14. The molecule has 27 heavy (non-hydrogen) atoms. The minimum atomic E-state index is -0.452. The highest BCUT2D eigenvalue weighted by molar-refractivity contribution is 6.34. The second-order valence-corrected chi connectivity index (χ2v) is 6.53. The Balaban J connectivity index is 1.67. The molecule has 0 saturated heterocycles. The van der Waals surface area contributed by atoms with Gasteiger partial charge in [-0.3, -0.25) is 9.36 Å². The molecule has 0 fully saturated rings. The van der Waals surface area contributed by atoms with Crippen molar-refractivity contribution in [1.29, 1.82) is 0 Å². The lowest BCUT2D eigenvalue weighted by molar-refractivity contribution is 0.102. The quantitative estimate of drug-likeness (QED) is 0.561. The van der Waals surface area contributed by atoms with Gasteiger partial charge in [-0.2, -0.15) is 0 Å². The van der Waals surface area contributed by atoms with Gasteiger partial charge >= 0.3 is 5.76 Å². The Labute approximate surface area is 159 Å². The van der Waals surface area contributed by atoms with Gasteiger partial charge in [-0.25, -0.2) is 4.79 Å². The number of halogens is 1. The summed E-state index contributed by atoms with van der Waals surface area (Å²) in [6.07, 6.45) is 0. The van der Waals surface area contributed by atoms with Crippen molar-refractivity contribution in [2.75, 3.05) is 5.32 Å². The molecule has 0 saturated carbocycles. The third kappa shape index (κ3) is 3.25. The molecule has 1 N–H and O–H groups in total. The van der Waals surface area contributed by atoms with E-state index in [4.69, 9.17) is 16.0 Å². The number of nitrogens with zero attached hydrogens (tertiary/aromatic N) is 1. The van der Waals surface area contributed by atoms with Crippen molar-refractivity contribution in [3.8, 4) is 11.1 Å². The third-order valence-electron chi connectivity index (χ3n) is 4.37. The molecule has 5 nitrogen and oxygen atoms in total. The second-order valence-electron chi connectivity index (χ2n) is 6.12. The Morgan fingerprint density at radius 2 is 1.78 bits per heavy atom. The van der Waals surface area contributed by atoms with Crippen LogP contribution < -0.4 is 11.1 Å². The number of aryl methyl sites for hydroxylation is 1. The van der Waals surface area contributed by atoms with Crippen LogP contribution in [0.4, 0.5) is 5.69 Å². The number of anilines is 1. The van der Waals surface area contributed by atoms with Gasteiger partial charge in [0.2, 0.25) is 0 Å². The lowest BCUT2D eigenvalue weighted by Crippen LogP contribution is -2.13. The maximum atomic E-state index is 12.8. The van der Waals surface area contributed by atoms with E-state index in [0.29, 0.717) is 27.4 Å². The van der Waals surface area contributed by atoms with Crippen molar-refractivity contribution in [1.82, 2.24) is 4.57 Å². The predicted molar refractivity (Wildman–Crippen MR) is 106 cm³/mol. The zero-order valence-corrected chi connectivity index (χ0v) is 15.2. The maximum Gasteiger partial charge on any atom is 0.419 e. The van der Waals surface area contributed by atoms with E-state index in [0.717, 1.165) is 11.1 Å². The van der Waals surface area contributed by atoms with E-state index < -0.39 is 5.76 Å². The summed E-state index contributed by atoms with van der Waals surface area (Å²) in [7, 11) is 1.61. The molecule has 0 bridgehead atoms. The topological polar surface area (TPSA) is 64.2 Å². The third-order valence-corrected chi connectivity index (χ3v) is 4.70. The van der Waals surface area contributed by atoms with Gasteiger partial charge in [0.05, 0.1) is 16.1 Å². The van der Waals surface area contributed by atoms with Gasteiger partial charge in [-0.05, 0) is 41.5 Å². The van der Waals surface area contributed by atoms with Crippen molar-refractivity contribution in [3.05, 3.63) is 87.9 Å². The number of aromatic nitrogens is 1. The Morgan fingerprint density at radius 3 is 2.56 bits per heavy atom. The Morgan fingerprint density at radius 1 is 1.00 bits per heavy atom. The number of carbonyl (C=O) groups excluding carboxylic acids is 1. The average Bonchev–Trinajstić information content (AvgIpc) is 2.96. The van der Waals surface area contributed by atoms with E-state index in [2.05, 4.69) is 5.32 Å². The fourth-order valence-corrected chi connectivity index (χ4v) is 3.12. The number of amides is 1. The van der Waals surface area contributed by atoms with E-state index in [1.165, 1.54) is 4.57 Å². The van der Waals surface area contributed by atoms with Crippen LogP contribution in [0.25, 0.3) is 22.2 Å². The molecule has 4 aromatic rings. The molecular formula is C21H15ClN2O3. The molecule has 0 unspecified atom stereocenters. The Bertz CT molecular complexity index is 1210. The van der Waals surface area contributed by atoms with E-state index in [-0.39, 0.29) is 5.91 Å². The van der Waals surface area contributed by atoms with Crippen LogP contribution in [-0.4, -0.2) is 10.5 Å². The van der Waals surface area contributed by atoms with Gasteiger partial charge in [0.1, 0.15) is 0 Å². The van der Waals surface area contributed by atoms with Crippen LogP contribution >= 0.6 is 11.6 Å². The van der Waals surface area contributed by atoms with Crippen LogP contribution in [0.3, 0.4) is 0 Å². The summed E-state index contributed by atoms with van der Waals surface area (Å²) in [6.45, 7) is 0. The molecule has 1 heterocycles. The van der Waals surface area contributed by atoms with Crippen LogP contribution in [0.2, 0.25) is 5.02 Å². The molecule has 0 aliphatic heterocycles. The van der Waals surface area contributed by atoms with Crippen LogP contribution in [-0.2, 0) is 7.05 Å². The van der Waals surface area contributed by atoms with Crippen molar-refractivity contribution < 1.29 is 9.21 Å². The Kier molecular flexibility index (Phi) is 4.30. The van der Waals surface area contributed by atoms with Crippen LogP contribution in [0, 0.1) is 0 Å². The van der Waals surface area contributed by atoms with E-state index >= 15 is 0 Å². The molecule has 0 atom stereocenters. The molecule has 1 aromatic heterocycles. The normalized spacial score (nSPS) is 10.9. The van der Waals surface area contributed by atoms with Gasteiger partial charge in [0.25, 0.3) is 5.91 Å². The summed E-state index contributed by atoms with van der Waals surface area (Å²) in [5, 5.41) is 3.19. The van der Waals surface area contributed by atoms with Gasteiger partial charge in [0, 0.05) is 12.7 Å². The minimum Gasteiger partial charge on any atom is -0.408 e. The second kappa shape index (κ2) is 6.78. The number of nitrogens with one attached hydrogen (secondary N) is 1. The Hall–Kier alpha value is -3.31. The van der Waals surface area contributed by atoms with Crippen molar-refractivity contribution >= 4 is 34.3 Å². The molecule has 0 spiro atoms. The van der Waals surface area contributed by atoms with Crippen LogP contribution in [0.1, 0.15) is 10.4 Å². The van der Waals surface area contributed by atoms with Gasteiger partial charge < -0.3 is 9.73 Å². The fraction of sp³-hybridized carbons (Fsp3) is 0.0476. The van der Waals surface area contributed by atoms with E-state index in [1.54, 1.807) is 37.4 Å². The highest BCUT2D eigenvalue weighted by Crippen LogP contribution is 2.26. The van der Waals surface area contributed by atoms with Crippen molar-refractivity contribution in [3.63, 3.8) is 0 Å². The molecule has 0 aliphatic rings. The maximum absolute atomic E-state index is 12.8. The lowest BCUT2D eigenvalue weighted by atomic mass is 10.0. The monoisotopic (exact) mass is 378 g/mol. The standard InChI is InChI=1S/C21H15ClN2O3/c1-24-18-12-15(8-10-19(18)27-21(24)26)23-20(25)16-11-14(7-9-17(16)22)13-5-3-2-4-6-13/h2-12H,1H3,(H,23,25). The SMILES string of the molecule is Cn1c(=O)oc2ccc(NC(=O)c3cc(-c4ccccc4)ccc3Cl)cc21. The summed E-state index contributed by atoms with van der Waals surface area (Å²) in [5.74, 6) is -0.780. The first-order valence-electron chi connectivity index (χ1n) is 8.29. The number of benzene rings is 3. The zero-order chi connectivity index (χ0) is 19.0. The predicted octanol–water partition coefficient (Wildman–Crippen LogP) is 4.70. The first-order chi connectivity index (χ1) is 13.0. The molecular weight excluding hydrogens is 364 g/mol. The number of hydrogen-bond acceptors (Lipinski definition) is 3. The van der Waals surface area contributed by atoms with Gasteiger partial charge in [-0.1, -0.05) is 48.0 Å². The van der Waals surface area contributed by atoms with E-state index in [1.807, 2.05) is 36.4 Å². The minimum absolute atomic E-state index is 0.328. The fourth-order valence-electron chi connectivity index (χ4n) is 2.91. The van der Waals surface area contributed by atoms with Gasteiger partial charge in [-0.15, -0.1) is 0 Å². The molecule has 1 amide bonds. The lowest BCUT2D eigenvalue weighted by Gasteiger charge is -2.09. The molecule has 4 rings (SSSR count). The van der Waals surface area contributed by atoms with E-state index in [9.17, 15) is 9.59 Å². The highest BCUT2D eigenvalue weighted by atomic mass is 35.5. The first-order valence-corrected chi connectivity index (χ1v) is 8.66. The zero-order valence-electron chi connectivity index (χ0n) is 14.4. The van der Waals surface area contributed by atoms with Crippen molar-refractivity contribution in [2.24, 2.45) is 7.05 Å². The molecule has 0 radical (unpaired) electrons. The summed E-state index contributed by atoms with van der Waals surface area (Å²) >= 11 is 6.25. The smallest absolute Gasteiger partial charge is 0.408 e. The summed E-state index contributed by atoms with van der Waals surface area (Å²) in [6, 6.07) is 20.1. The largest absolute Gasteiger partial charge is 0.419 e. The summed E-state index contributed by atoms with van der Waals surface area (Å²) < 4.78 is 6.48. The molecule has 134 valence electrons. The molecule has 6 heteroatoms. The average molecular weight is 379 g/mol. The summed E-state index contributed by atoms with van der Waals surface area (Å²) in [5.41, 5.74) is 3.88. The number of carbonyl (C=O) groups is 1. The molecule has 0 aliphatic carbocycles. The van der Waals surface area contributed by atoms with Crippen molar-refractivity contribution in [2.45, 2.75) is 0 Å². The number of hydrogen-bond donors (Lipinski definition) is 1. The number of rotatable bonds is 3. The summed E-state index contributed by atoms with van der Waals surface area (Å²) in [4.78, 5) is 24.4. The molecule has 3 aromatic carbocycles. The first kappa shape index (κ1) is 17.1. The number of fused-ring (bicyclic) bond motifs is 1. The van der Waals surface area contributed by atoms with Crippen LogP contribution in [0.15, 0.2) is 75.9 Å². The van der Waals surface area contributed by atoms with Crippen LogP contribution in [0.5, 0.6) is 0 Å². The van der Waals surface area contributed by atoms with Gasteiger partial charge in [0.15, 0.2) is 5.58 Å².